The number of hydrogen-bond acceptors (Lipinski definition) is 2. The fourth-order valence-electron chi connectivity index (χ4n) is 2.33. The Balaban J connectivity index is 1.71. The topological polar surface area (TPSA) is 42.2 Å². The van der Waals surface area contributed by atoms with Gasteiger partial charge in [0.15, 0.2) is 5.76 Å². The number of fused-ring (bicyclic) bond motifs is 1. The van der Waals surface area contributed by atoms with Gasteiger partial charge >= 0.3 is 0 Å². The van der Waals surface area contributed by atoms with Crippen LogP contribution in [0.4, 0.5) is 0 Å². The Morgan fingerprint density at radius 2 is 2.05 bits per heavy atom. The third-order valence-corrected chi connectivity index (χ3v) is 4.03. The first-order chi connectivity index (χ1) is 10.2. The molecular formula is C17H14INO2. The molecule has 0 radical (unpaired) electrons. The van der Waals surface area contributed by atoms with E-state index in [0.717, 1.165) is 6.42 Å². The van der Waals surface area contributed by atoms with Gasteiger partial charge in [-0.25, -0.2) is 0 Å². The molecule has 0 aliphatic heterocycles. The standard InChI is InChI=1S/C17H14INO2/c18-14-7-6-12-3-1-4-13(15(12)11-14)8-9-19-17(20)16-5-2-10-21-16/h1-7,10-11H,8-9H2,(H,19,20). The number of hydrogen-bond donors (Lipinski definition) is 1. The first-order valence-corrected chi connectivity index (χ1v) is 7.81. The van der Waals surface area contributed by atoms with Crippen LogP contribution < -0.4 is 5.32 Å². The van der Waals surface area contributed by atoms with Gasteiger partial charge in [-0.05, 0) is 69.6 Å². The van der Waals surface area contributed by atoms with E-state index in [9.17, 15) is 4.79 Å². The SMILES string of the molecule is O=C(NCCc1cccc2ccc(I)cc12)c1ccco1. The first kappa shape index (κ1) is 14.1. The molecule has 0 bridgehead atoms. The summed E-state index contributed by atoms with van der Waals surface area (Å²) in [7, 11) is 0. The van der Waals surface area contributed by atoms with Crippen LogP contribution in [0.5, 0.6) is 0 Å². The molecule has 2 aromatic carbocycles. The molecule has 0 fully saturated rings. The van der Waals surface area contributed by atoms with E-state index in [1.165, 1.54) is 26.2 Å². The molecule has 0 spiro atoms. The number of carbonyl (C=O) groups excluding carboxylic acids is 1. The fourth-order valence-corrected chi connectivity index (χ4v) is 2.82. The van der Waals surface area contributed by atoms with Crippen molar-refractivity contribution in [3.63, 3.8) is 0 Å². The Morgan fingerprint density at radius 3 is 2.86 bits per heavy atom. The van der Waals surface area contributed by atoms with Gasteiger partial charge in [0.1, 0.15) is 0 Å². The first-order valence-electron chi connectivity index (χ1n) is 6.73. The van der Waals surface area contributed by atoms with E-state index in [-0.39, 0.29) is 5.91 Å². The van der Waals surface area contributed by atoms with Gasteiger partial charge in [0.25, 0.3) is 5.91 Å². The van der Waals surface area contributed by atoms with Gasteiger partial charge in [-0.3, -0.25) is 4.79 Å². The van der Waals surface area contributed by atoms with E-state index in [1.807, 2.05) is 0 Å². The Labute approximate surface area is 136 Å². The lowest BCUT2D eigenvalue weighted by molar-refractivity contribution is 0.0926. The molecule has 0 aliphatic rings. The van der Waals surface area contributed by atoms with Crippen LogP contribution in [0.1, 0.15) is 16.1 Å². The summed E-state index contributed by atoms with van der Waals surface area (Å²) in [6.07, 6.45) is 2.30. The molecule has 21 heavy (non-hydrogen) atoms. The van der Waals surface area contributed by atoms with E-state index in [2.05, 4.69) is 64.3 Å². The number of carbonyl (C=O) groups is 1. The second kappa shape index (κ2) is 6.30. The number of halogens is 1. The highest BCUT2D eigenvalue weighted by molar-refractivity contribution is 14.1. The lowest BCUT2D eigenvalue weighted by Gasteiger charge is -2.08. The summed E-state index contributed by atoms with van der Waals surface area (Å²) in [6, 6.07) is 16.1. The smallest absolute Gasteiger partial charge is 0.286 e. The highest BCUT2D eigenvalue weighted by atomic mass is 127. The van der Waals surface area contributed by atoms with Gasteiger partial charge in [0.05, 0.1) is 6.26 Å². The normalized spacial score (nSPS) is 10.7. The third kappa shape index (κ3) is 3.26. The number of amides is 1. The zero-order chi connectivity index (χ0) is 14.7. The van der Waals surface area contributed by atoms with E-state index >= 15 is 0 Å². The Morgan fingerprint density at radius 1 is 1.14 bits per heavy atom. The van der Waals surface area contributed by atoms with Gasteiger partial charge in [-0.1, -0.05) is 24.3 Å². The zero-order valence-electron chi connectivity index (χ0n) is 11.3. The largest absolute Gasteiger partial charge is 0.459 e. The molecule has 3 rings (SSSR count). The molecule has 0 saturated carbocycles. The highest BCUT2D eigenvalue weighted by Gasteiger charge is 2.08. The van der Waals surface area contributed by atoms with Crippen molar-refractivity contribution in [1.82, 2.24) is 5.32 Å². The molecule has 0 unspecified atom stereocenters. The summed E-state index contributed by atoms with van der Waals surface area (Å²) in [6.45, 7) is 0.587. The molecule has 0 aliphatic carbocycles. The summed E-state index contributed by atoms with van der Waals surface area (Å²) in [5.41, 5.74) is 1.24. The molecule has 3 aromatic rings. The van der Waals surface area contributed by atoms with E-state index in [1.54, 1.807) is 12.1 Å². The molecule has 3 nitrogen and oxygen atoms in total. The second-order valence-corrected chi connectivity index (χ2v) is 6.01. The van der Waals surface area contributed by atoms with Gasteiger partial charge in [0.2, 0.25) is 0 Å². The minimum Gasteiger partial charge on any atom is -0.459 e. The van der Waals surface area contributed by atoms with Crippen LogP contribution >= 0.6 is 22.6 Å². The fraction of sp³-hybridized carbons (Fsp3) is 0.118. The van der Waals surface area contributed by atoms with Crippen molar-refractivity contribution in [2.45, 2.75) is 6.42 Å². The van der Waals surface area contributed by atoms with E-state index < -0.39 is 0 Å². The molecule has 4 heteroatoms. The van der Waals surface area contributed by atoms with Crippen LogP contribution in [0.15, 0.2) is 59.2 Å². The number of nitrogens with one attached hydrogen (secondary N) is 1. The molecule has 1 amide bonds. The number of rotatable bonds is 4. The van der Waals surface area contributed by atoms with Crippen LogP contribution in [0.2, 0.25) is 0 Å². The average molecular weight is 391 g/mol. The molecular weight excluding hydrogens is 377 g/mol. The Hall–Kier alpha value is -1.82. The Kier molecular flexibility index (Phi) is 4.24. The number of benzene rings is 2. The lowest BCUT2D eigenvalue weighted by Crippen LogP contribution is -2.25. The molecule has 1 N–H and O–H groups in total. The number of furan rings is 1. The van der Waals surface area contributed by atoms with Crippen LogP contribution in [-0.2, 0) is 6.42 Å². The van der Waals surface area contributed by atoms with Crippen LogP contribution in [0.3, 0.4) is 0 Å². The van der Waals surface area contributed by atoms with Crippen molar-refractivity contribution in [3.8, 4) is 0 Å². The maximum Gasteiger partial charge on any atom is 0.286 e. The van der Waals surface area contributed by atoms with Crippen molar-refractivity contribution in [1.29, 1.82) is 0 Å². The molecule has 0 saturated heterocycles. The maximum absolute atomic E-state index is 11.8. The summed E-state index contributed by atoms with van der Waals surface area (Å²) in [5.74, 6) is 0.178. The van der Waals surface area contributed by atoms with Crippen LogP contribution in [0.25, 0.3) is 10.8 Å². The maximum atomic E-state index is 11.8. The van der Waals surface area contributed by atoms with Gasteiger partial charge in [-0.15, -0.1) is 0 Å². The predicted molar refractivity (Wildman–Crippen MR) is 91.4 cm³/mol. The highest BCUT2D eigenvalue weighted by Crippen LogP contribution is 2.21. The minimum absolute atomic E-state index is 0.171. The summed E-state index contributed by atoms with van der Waals surface area (Å²) < 4.78 is 6.29. The second-order valence-electron chi connectivity index (χ2n) is 4.77. The minimum atomic E-state index is -0.171. The molecule has 1 aromatic heterocycles. The summed E-state index contributed by atoms with van der Waals surface area (Å²) in [5, 5.41) is 5.35. The van der Waals surface area contributed by atoms with Gasteiger partial charge in [0, 0.05) is 10.1 Å². The lowest BCUT2D eigenvalue weighted by atomic mass is 10.0. The van der Waals surface area contributed by atoms with Crippen molar-refractivity contribution >= 4 is 39.3 Å². The predicted octanol–water partition coefficient (Wildman–Crippen LogP) is 4.01. The third-order valence-electron chi connectivity index (χ3n) is 3.36. The zero-order valence-corrected chi connectivity index (χ0v) is 13.5. The van der Waals surface area contributed by atoms with Crippen LogP contribution in [-0.4, -0.2) is 12.5 Å². The summed E-state index contributed by atoms with van der Waals surface area (Å²) in [4.78, 5) is 11.8. The van der Waals surface area contributed by atoms with E-state index in [0.29, 0.717) is 12.3 Å². The monoisotopic (exact) mass is 391 g/mol. The van der Waals surface area contributed by atoms with Crippen molar-refractivity contribution in [2.75, 3.05) is 6.54 Å². The Bertz CT molecular complexity index is 766. The molecule has 1 heterocycles. The molecule has 106 valence electrons. The summed E-state index contributed by atoms with van der Waals surface area (Å²) >= 11 is 2.32. The quantitative estimate of drug-likeness (QED) is 0.683. The van der Waals surface area contributed by atoms with E-state index in [4.69, 9.17) is 4.42 Å². The van der Waals surface area contributed by atoms with Gasteiger partial charge < -0.3 is 9.73 Å². The van der Waals surface area contributed by atoms with Crippen molar-refractivity contribution in [2.24, 2.45) is 0 Å². The van der Waals surface area contributed by atoms with Gasteiger partial charge in [-0.2, -0.15) is 0 Å². The molecule has 0 atom stereocenters. The van der Waals surface area contributed by atoms with Crippen molar-refractivity contribution < 1.29 is 9.21 Å². The van der Waals surface area contributed by atoms with Crippen LogP contribution in [0, 0.1) is 3.57 Å². The van der Waals surface area contributed by atoms with Crippen molar-refractivity contribution in [3.05, 3.63) is 69.7 Å². The average Bonchev–Trinajstić information content (AvgIpc) is 3.02.